The van der Waals surface area contributed by atoms with Gasteiger partial charge in [-0.1, -0.05) is 24.3 Å². The third-order valence-corrected chi connectivity index (χ3v) is 2.90. The number of rotatable bonds is 4. The molecule has 90 valence electrons. The third kappa shape index (κ3) is 2.66. The van der Waals surface area contributed by atoms with Gasteiger partial charge in [-0.2, -0.15) is 5.10 Å². The second-order valence-corrected chi connectivity index (χ2v) is 4.07. The van der Waals surface area contributed by atoms with Crippen molar-refractivity contribution in [2.24, 2.45) is 0 Å². The minimum absolute atomic E-state index is 0.00344. The van der Waals surface area contributed by atoms with Crippen LogP contribution >= 0.6 is 11.6 Å². The molecule has 0 aliphatic rings. The van der Waals surface area contributed by atoms with Crippen LogP contribution in [0.4, 0.5) is 0 Å². The number of halogens is 1. The molecule has 0 amide bonds. The predicted octanol–water partition coefficient (Wildman–Crippen LogP) is 1.71. The lowest BCUT2D eigenvalue weighted by molar-refractivity contribution is 0.0327. The Morgan fingerprint density at radius 2 is 1.88 bits per heavy atom. The maximum atomic E-state index is 9.76. The van der Waals surface area contributed by atoms with Crippen LogP contribution in [-0.2, 0) is 0 Å². The van der Waals surface area contributed by atoms with E-state index in [4.69, 9.17) is 11.6 Å². The number of aromatic amines is 1. The zero-order valence-electron chi connectivity index (χ0n) is 9.05. The summed E-state index contributed by atoms with van der Waals surface area (Å²) in [5.41, 5.74) is 2.52. The zero-order chi connectivity index (χ0) is 12.3. The standard InChI is InChI=1S/C12H13ClN2O2/c13-7-11(16)12(17)9-3-1-8(2-4-9)10-5-6-14-15-10/h1-6,11-12,16-17H,7H2,(H,14,15). The van der Waals surface area contributed by atoms with Gasteiger partial charge in [0.2, 0.25) is 0 Å². The highest BCUT2D eigenvalue weighted by Crippen LogP contribution is 2.22. The number of aromatic nitrogens is 2. The normalized spacial score (nSPS) is 14.5. The number of aliphatic hydroxyl groups excluding tert-OH is 2. The van der Waals surface area contributed by atoms with Gasteiger partial charge in [-0.15, -0.1) is 11.6 Å². The van der Waals surface area contributed by atoms with Crippen LogP contribution in [0.2, 0.25) is 0 Å². The van der Waals surface area contributed by atoms with Crippen molar-refractivity contribution in [2.45, 2.75) is 12.2 Å². The Hall–Kier alpha value is -1.36. The summed E-state index contributed by atoms with van der Waals surface area (Å²) < 4.78 is 0. The number of benzene rings is 1. The maximum absolute atomic E-state index is 9.76. The van der Waals surface area contributed by atoms with Gasteiger partial charge in [-0.3, -0.25) is 5.10 Å². The molecule has 0 spiro atoms. The molecule has 0 saturated heterocycles. The highest BCUT2D eigenvalue weighted by atomic mass is 35.5. The van der Waals surface area contributed by atoms with Gasteiger partial charge in [0.1, 0.15) is 6.10 Å². The summed E-state index contributed by atoms with van der Waals surface area (Å²) in [6, 6.07) is 9.09. The fourth-order valence-corrected chi connectivity index (χ4v) is 1.75. The van der Waals surface area contributed by atoms with Gasteiger partial charge in [0.25, 0.3) is 0 Å². The quantitative estimate of drug-likeness (QED) is 0.726. The van der Waals surface area contributed by atoms with Crippen molar-refractivity contribution in [3.8, 4) is 11.3 Å². The van der Waals surface area contributed by atoms with Gasteiger partial charge in [0.05, 0.1) is 17.7 Å². The van der Waals surface area contributed by atoms with Crippen molar-refractivity contribution < 1.29 is 10.2 Å². The van der Waals surface area contributed by atoms with Gasteiger partial charge < -0.3 is 10.2 Å². The van der Waals surface area contributed by atoms with Crippen LogP contribution in [0.25, 0.3) is 11.3 Å². The van der Waals surface area contributed by atoms with Crippen LogP contribution in [-0.4, -0.2) is 32.4 Å². The van der Waals surface area contributed by atoms with E-state index in [0.717, 1.165) is 11.3 Å². The monoisotopic (exact) mass is 252 g/mol. The molecule has 0 bridgehead atoms. The number of H-pyrrole nitrogens is 1. The van der Waals surface area contributed by atoms with Crippen LogP contribution in [0.15, 0.2) is 36.5 Å². The van der Waals surface area contributed by atoms with Crippen molar-refractivity contribution in [3.05, 3.63) is 42.1 Å². The highest BCUT2D eigenvalue weighted by Gasteiger charge is 2.17. The number of hydrogen-bond acceptors (Lipinski definition) is 3. The van der Waals surface area contributed by atoms with E-state index in [1.165, 1.54) is 0 Å². The second-order valence-electron chi connectivity index (χ2n) is 3.76. The van der Waals surface area contributed by atoms with Gasteiger partial charge in [0.15, 0.2) is 0 Å². The number of aliphatic hydroxyl groups is 2. The first-order valence-electron chi connectivity index (χ1n) is 5.24. The van der Waals surface area contributed by atoms with Gasteiger partial charge in [0, 0.05) is 6.20 Å². The Balaban J connectivity index is 2.18. The number of nitrogens with zero attached hydrogens (tertiary/aromatic N) is 1. The summed E-state index contributed by atoms with van der Waals surface area (Å²) in [6.07, 6.45) is -0.229. The molecular weight excluding hydrogens is 240 g/mol. The summed E-state index contributed by atoms with van der Waals surface area (Å²) in [5.74, 6) is 0.00344. The molecule has 3 N–H and O–H groups in total. The van der Waals surface area contributed by atoms with Crippen molar-refractivity contribution >= 4 is 11.6 Å². The van der Waals surface area contributed by atoms with E-state index in [9.17, 15) is 10.2 Å². The molecule has 1 aromatic carbocycles. The number of hydrogen-bond donors (Lipinski definition) is 3. The average Bonchev–Trinajstić information content (AvgIpc) is 2.91. The molecule has 0 saturated carbocycles. The molecule has 17 heavy (non-hydrogen) atoms. The molecule has 5 heteroatoms. The van der Waals surface area contributed by atoms with Crippen LogP contribution in [0.5, 0.6) is 0 Å². The van der Waals surface area contributed by atoms with Crippen molar-refractivity contribution in [1.82, 2.24) is 10.2 Å². The number of nitrogens with one attached hydrogen (secondary N) is 1. The molecule has 2 unspecified atom stereocenters. The van der Waals surface area contributed by atoms with E-state index in [0.29, 0.717) is 5.56 Å². The molecule has 2 aromatic rings. The fraction of sp³-hybridized carbons (Fsp3) is 0.250. The predicted molar refractivity (Wildman–Crippen MR) is 65.7 cm³/mol. The Morgan fingerprint density at radius 3 is 2.41 bits per heavy atom. The largest absolute Gasteiger partial charge is 0.389 e. The molecule has 0 radical (unpaired) electrons. The molecule has 4 nitrogen and oxygen atoms in total. The van der Waals surface area contributed by atoms with Gasteiger partial charge in [-0.05, 0) is 17.2 Å². The second kappa shape index (κ2) is 5.31. The zero-order valence-corrected chi connectivity index (χ0v) is 9.80. The molecule has 2 atom stereocenters. The van der Waals surface area contributed by atoms with Crippen LogP contribution in [0.3, 0.4) is 0 Å². The van der Waals surface area contributed by atoms with E-state index in [2.05, 4.69) is 10.2 Å². The lowest BCUT2D eigenvalue weighted by Crippen LogP contribution is -2.19. The Bertz CT molecular complexity index is 456. The minimum Gasteiger partial charge on any atom is -0.389 e. The average molecular weight is 253 g/mol. The molecule has 1 aromatic heterocycles. The Labute approximate surface area is 104 Å². The van der Waals surface area contributed by atoms with E-state index >= 15 is 0 Å². The summed E-state index contributed by atoms with van der Waals surface area (Å²) in [5, 5.41) is 25.9. The Kier molecular flexibility index (Phi) is 3.78. The van der Waals surface area contributed by atoms with E-state index in [-0.39, 0.29) is 5.88 Å². The number of alkyl halides is 1. The van der Waals surface area contributed by atoms with Crippen LogP contribution < -0.4 is 0 Å². The molecule has 0 fully saturated rings. The summed E-state index contributed by atoms with van der Waals surface area (Å²) >= 11 is 5.49. The van der Waals surface area contributed by atoms with Gasteiger partial charge in [-0.25, -0.2) is 0 Å². The Morgan fingerprint density at radius 1 is 1.18 bits per heavy atom. The smallest absolute Gasteiger partial charge is 0.106 e. The molecule has 2 rings (SSSR count). The third-order valence-electron chi connectivity index (χ3n) is 2.59. The van der Waals surface area contributed by atoms with E-state index in [1.807, 2.05) is 18.2 Å². The van der Waals surface area contributed by atoms with Crippen molar-refractivity contribution in [2.75, 3.05) is 5.88 Å². The fourth-order valence-electron chi connectivity index (χ4n) is 1.58. The van der Waals surface area contributed by atoms with Crippen LogP contribution in [0, 0.1) is 0 Å². The van der Waals surface area contributed by atoms with Gasteiger partial charge >= 0.3 is 0 Å². The first kappa shape index (κ1) is 12.1. The highest BCUT2D eigenvalue weighted by molar-refractivity contribution is 6.18. The van der Waals surface area contributed by atoms with E-state index < -0.39 is 12.2 Å². The molecular formula is C12H13ClN2O2. The SMILES string of the molecule is OC(CCl)C(O)c1ccc(-c2ccn[nH]2)cc1. The van der Waals surface area contributed by atoms with Crippen molar-refractivity contribution in [3.63, 3.8) is 0 Å². The summed E-state index contributed by atoms with van der Waals surface area (Å²) in [4.78, 5) is 0. The minimum atomic E-state index is -0.955. The topological polar surface area (TPSA) is 69.1 Å². The lowest BCUT2D eigenvalue weighted by atomic mass is 10.0. The summed E-state index contributed by atoms with van der Waals surface area (Å²) in [6.45, 7) is 0. The first-order chi connectivity index (χ1) is 8.22. The van der Waals surface area contributed by atoms with Crippen molar-refractivity contribution in [1.29, 1.82) is 0 Å². The maximum Gasteiger partial charge on any atom is 0.106 e. The molecule has 1 heterocycles. The molecule has 0 aliphatic heterocycles. The first-order valence-corrected chi connectivity index (χ1v) is 5.77. The lowest BCUT2D eigenvalue weighted by Gasteiger charge is -2.15. The van der Waals surface area contributed by atoms with E-state index in [1.54, 1.807) is 18.3 Å². The van der Waals surface area contributed by atoms with Crippen LogP contribution in [0.1, 0.15) is 11.7 Å². The summed E-state index contributed by atoms with van der Waals surface area (Å²) in [7, 11) is 0. The molecule has 0 aliphatic carbocycles.